The first-order valence-electron chi connectivity index (χ1n) is 12.2. The van der Waals surface area contributed by atoms with E-state index in [0.29, 0.717) is 26.4 Å². The minimum Gasteiger partial charge on any atom is -0.361 e. The zero-order valence-corrected chi connectivity index (χ0v) is 21.7. The van der Waals surface area contributed by atoms with E-state index in [4.69, 9.17) is 9.26 Å². The second-order valence-electron chi connectivity index (χ2n) is 8.82. The lowest BCUT2D eigenvalue weighted by Crippen LogP contribution is -2.50. The van der Waals surface area contributed by atoms with Gasteiger partial charge >= 0.3 is 0 Å². The fourth-order valence-electron chi connectivity index (χ4n) is 4.16. The van der Waals surface area contributed by atoms with Gasteiger partial charge in [0.2, 0.25) is 5.91 Å². The monoisotopic (exact) mass is 512 g/mol. The molecule has 0 aliphatic carbocycles. The number of piperazine rings is 1. The highest BCUT2D eigenvalue weighted by atomic mass is 32.2. The van der Waals surface area contributed by atoms with E-state index in [1.165, 1.54) is 17.0 Å². The Kier molecular flexibility index (Phi) is 9.52. The second kappa shape index (κ2) is 13.0. The number of thioether (sulfide) groups is 1. The molecule has 1 fully saturated rings. The largest absolute Gasteiger partial charge is 0.361 e. The Morgan fingerprint density at radius 2 is 1.83 bits per heavy atom. The lowest BCUT2D eigenvalue weighted by molar-refractivity contribution is -0.120. The number of amides is 1. The number of aromatic nitrogens is 1. The fourth-order valence-corrected chi connectivity index (χ4v) is 5.08. The van der Waals surface area contributed by atoms with Crippen LogP contribution in [0.15, 0.2) is 64.0 Å². The highest BCUT2D eigenvalue weighted by Gasteiger charge is 2.22. The molecule has 7 nitrogen and oxygen atoms in total. The molecule has 0 radical (unpaired) electrons. The third kappa shape index (κ3) is 7.39. The van der Waals surface area contributed by atoms with E-state index in [1.54, 1.807) is 28.8 Å². The van der Waals surface area contributed by atoms with E-state index in [2.05, 4.69) is 27.1 Å². The van der Waals surface area contributed by atoms with Gasteiger partial charge in [-0.2, -0.15) is 0 Å². The number of aryl methyl sites for hydroxylation is 1. The van der Waals surface area contributed by atoms with Crippen LogP contribution in [-0.2, 0) is 21.9 Å². The maximum atomic E-state index is 13.2. The van der Waals surface area contributed by atoms with Crippen LogP contribution >= 0.6 is 11.8 Å². The summed E-state index contributed by atoms with van der Waals surface area (Å²) in [5.41, 5.74) is 2.77. The van der Waals surface area contributed by atoms with Crippen LogP contribution in [0.1, 0.15) is 23.9 Å². The van der Waals surface area contributed by atoms with Crippen molar-refractivity contribution in [3.8, 4) is 0 Å². The maximum Gasteiger partial charge on any atom is 0.241 e. The molecular weight excluding hydrogens is 479 g/mol. The van der Waals surface area contributed by atoms with E-state index in [1.807, 2.05) is 32.0 Å². The number of carbonyl (C=O) groups is 1. The van der Waals surface area contributed by atoms with Crippen LogP contribution in [0.3, 0.4) is 0 Å². The van der Waals surface area contributed by atoms with Gasteiger partial charge in [-0.15, -0.1) is 11.8 Å². The van der Waals surface area contributed by atoms with Crippen LogP contribution < -0.4 is 4.90 Å². The van der Waals surface area contributed by atoms with Crippen LogP contribution in [0.4, 0.5) is 10.1 Å². The summed E-state index contributed by atoms with van der Waals surface area (Å²) in [6.07, 6.45) is 0. The van der Waals surface area contributed by atoms with Crippen molar-refractivity contribution < 1.29 is 18.4 Å². The molecule has 2 heterocycles. The number of rotatable bonds is 11. The van der Waals surface area contributed by atoms with Gasteiger partial charge in [-0.25, -0.2) is 4.39 Å². The lowest BCUT2D eigenvalue weighted by atomic mass is 10.2. The molecule has 1 amide bonds. The topological polar surface area (TPSA) is 62.1 Å². The summed E-state index contributed by atoms with van der Waals surface area (Å²) >= 11 is 1.72. The van der Waals surface area contributed by atoms with Crippen molar-refractivity contribution in [1.82, 2.24) is 15.0 Å². The van der Waals surface area contributed by atoms with E-state index >= 15 is 0 Å². The molecule has 2 aromatic carbocycles. The lowest BCUT2D eigenvalue weighted by Gasteiger charge is -2.35. The zero-order valence-electron chi connectivity index (χ0n) is 20.9. The minimum absolute atomic E-state index is 0.0309. The first kappa shape index (κ1) is 26.3. The highest BCUT2D eigenvalue weighted by molar-refractivity contribution is 7.98. The molecule has 1 aliphatic heterocycles. The molecule has 0 bridgehead atoms. The summed E-state index contributed by atoms with van der Waals surface area (Å²) in [7, 11) is 0. The Morgan fingerprint density at radius 3 is 2.53 bits per heavy atom. The third-order valence-electron chi connectivity index (χ3n) is 6.13. The number of ether oxygens (including phenoxy) is 1. The number of anilines is 1. The summed E-state index contributed by atoms with van der Waals surface area (Å²) in [6.45, 7) is 9.16. The Morgan fingerprint density at radius 1 is 1.11 bits per heavy atom. The van der Waals surface area contributed by atoms with Crippen molar-refractivity contribution in [2.75, 3.05) is 50.9 Å². The molecule has 0 spiro atoms. The Bertz CT molecular complexity index is 1120. The quantitative estimate of drug-likeness (QED) is 0.349. The van der Waals surface area contributed by atoms with Gasteiger partial charge in [0.05, 0.1) is 31.3 Å². The first-order valence-corrected chi connectivity index (χ1v) is 13.2. The molecular formula is C27H33FN4O3S. The van der Waals surface area contributed by atoms with Gasteiger partial charge < -0.3 is 14.2 Å². The average Bonchev–Trinajstić information content (AvgIpc) is 3.31. The van der Waals surface area contributed by atoms with Crippen molar-refractivity contribution in [1.29, 1.82) is 0 Å². The summed E-state index contributed by atoms with van der Waals surface area (Å²) in [6, 6.07) is 16.3. The molecule has 4 rings (SSSR count). The fraction of sp³-hybridized carbons (Fsp3) is 0.407. The van der Waals surface area contributed by atoms with Gasteiger partial charge in [0.25, 0.3) is 0 Å². The van der Waals surface area contributed by atoms with Gasteiger partial charge in [0, 0.05) is 49.4 Å². The van der Waals surface area contributed by atoms with Crippen molar-refractivity contribution in [3.63, 3.8) is 0 Å². The zero-order chi connectivity index (χ0) is 25.3. The Balaban J connectivity index is 1.19. The van der Waals surface area contributed by atoms with Crippen molar-refractivity contribution in [2.45, 2.75) is 31.1 Å². The molecule has 192 valence electrons. The van der Waals surface area contributed by atoms with Gasteiger partial charge in [-0.3, -0.25) is 14.6 Å². The summed E-state index contributed by atoms with van der Waals surface area (Å²) < 4.78 is 24.6. The van der Waals surface area contributed by atoms with Crippen LogP contribution in [-0.4, -0.2) is 66.9 Å². The summed E-state index contributed by atoms with van der Waals surface area (Å²) in [5.74, 6) is 1.33. The maximum absolute atomic E-state index is 13.2. The molecule has 0 atom stereocenters. The molecule has 1 aromatic heterocycles. The second-order valence-corrected chi connectivity index (χ2v) is 9.83. The molecule has 36 heavy (non-hydrogen) atoms. The molecule has 1 saturated heterocycles. The molecule has 0 N–H and O–H groups in total. The molecule has 0 unspecified atom stereocenters. The smallest absolute Gasteiger partial charge is 0.241 e. The first-order chi connectivity index (χ1) is 17.5. The van der Waals surface area contributed by atoms with Gasteiger partial charge in [0.1, 0.15) is 11.6 Å². The predicted octanol–water partition coefficient (Wildman–Crippen LogP) is 4.56. The van der Waals surface area contributed by atoms with Crippen LogP contribution in [0.25, 0.3) is 0 Å². The van der Waals surface area contributed by atoms with Gasteiger partial charge in [0.15, 0.2) is 0 Å². The van der Waals surface area contributed by atoms with Crippen LogP contribution in [0.5, 0.6) is 0 Å². The number of likely N-dealkylation sites (N-methyl/N-ethyl adjacent to an activating group) is 1. The summed E-state index contributed by atoms with van der Waals surface area (Å²) in [4.78, 5) is 20.2. The SMILES string of the molecule is CCN(C(=O)CN1CCN(COCc2ccccc2SCc2cc(C)no2)CC1)c1ccc(F)cc1. The van der Waals surface area contributed by atoms with Crippen molar-refractivity contribution in [3.05, 3.63) is 77.4 Å². The number of carbonyl (C=O) groups excluding carboxylic acids is 1. The Labute approximate surface area is 216 Å². The highest BCUT2D eigenvalue weighted by Crippen LogP contribution is 2.27. The van der Waals surface area contributed by atoms with E-state index < -0.39 is 0 Å². The summed E-state index contributed by atoms with van der Waals surface area (Å²) in [5, 5.41) is 3.95. The number of hydrogen-bond acceptors (Lipinski definition) is 7. The minimum atomic E-state index is -0.302. The number of hydrogen-bond donors (Lipinski definition) is 0. The molecule has 3 aromatic rings. The average molecular weight is 513 g/mol. The van der Waals surface area contributed by atoms with Crippen LogP contribution in [0, 0.1) is 12.7 Å². The third-order valence-corrected chi connectivity index (χ3v) is 7.27. The molecule has 0 saturated carbocycles. The van der Waals surface area contributed by atoms with Gasteiger partial charge in [-0.1, -0.05) is 23.4 Å². The van der Waals surface area contributed by atoms with Crippen molar-refractivity contribution >= 4 is 23.4 Å². The van der Waals surface area contributed by atoms with Crippen LogP contribution in [0.2, 0.25) is 0 Å². The number of benzene rings is 2. The van der Waals surface area contributed by atoms with E-state index in [0.717, 1.165) is 54.6 Å². The normalized spacial score (nSPS) is 14.8. The molecule has 1 aliphatic rings. The predicted molar refractivity (Wildman–Crippen MR) is 139 cm³/mol. The molecule has 9 heteroatoms. The van der Waals surface area contributed by atoms with E-state index in [-0.39, 0.29) is 11.7 Å². The number of nitrogens with zero attached hydrogens (tertiary/aromatic N) is 4. The Hall–Kier alpha value is -2.72. The van der Waals surface area contributed by atoms with E-state index in [9.17, 15) is 9.18 Å². The standard InChI is InChI=1S/C27H33FN4O3S/c1-3-32(24-10-8-23(28)9-11-24)27(33)17-30-12-14-31(15-13-30)20-34-18-22-6-4-5-7-26(22)36-19-25-16-21(2)29-35-25/h4-11,16H,3,12-15,17-20H2,1-2H3. The van der Waals surface area contributed by atoms with Crippen molar-refractivity contribution in [2.24, 2.45) is 0 Å². The van der Waals surface area contributed by atoms with Gasteiger partial charge in [-0.05, 0) is 49.7 Å². The number of halogens is 1.